The molecule has 1 aromatic carbocycles. The van der Waals surface area contributed by atoms with Gasteiger partial charge in [0.2, 0.25) is 5.91 Å². The Kier molecular flexibility index (Phi) is 5.15. The monoisotopic (exact) mass is 313 g/mol. The summed E-state index contributed by atoms with van der Waals surface area (Å²) in [6, 6.07) is 7.11. The zero-order valence-electron chi connectivity index (χ0n) is 10.3. The van der Waals surface area contributed by atoms with E-state index < -0.39 is 6.04 Å². The number of amides is 1. The van der Waals surface area contributed by atoms with Crippen LogP contribution in [0.2, 0.25) is 0 Å². The van der Waals surface area contributed by atoms with Crippen molar-refractivity contribution in [3.8, 4) is 0 Å². The number of amidine groups is 1. The third kappa shape index (κ3) is 3.73. The van der Waals surface area contributed by atoms with E-state index in [-0.39, 0.29) is 18.2 Å². The third-order valence-corrected chi connectivity index (χ3v) is 3.26. The summed E-state index contributed by atoms with van der Waals surface area (Å²) in [5, 5.41) is 11.5. The Bertz CT molecular complexity index is 462. The molecular weight excluding hydrogens is 298 g/mol. The Labute approximate surface area is 114 Å². The number of hydrogen-bond donors (Lipinski definition) is 2. The molecule has 1 unspecified atom stereocenters. The van der Waals surface area contributed by atoms with E-state index in [0.717, 1.165) is 10.0 Å². The Balaban J connectivity index is 2.71. The highest BCUT2D eigenvalue weighted by molar-refractivity contribution is 9.10. The van der Waals surface area contributed by atoms with E-state index in [9.17, 15) is 4.79 Å². The molecular formula is C12H16BrN3O2. The molecule has 1 aromatic rings. The molecule has 0 fully saturated rings. The summed E-state index contributed by atoms with van der Waals surface area (Å²) in [6.45, 7) is 1.70. The number of nitrogens with zero attached hydrogens (tertiary/aromatic N) is 2. The molecule has 18 heavy (non-hydrogen) atoms. The van der Waals surface area contributed by atoms with Crippen molar-refractivity contribution >= 4 is 27.7 Å². The first-order chi connectivity index (χ1) is 8.45. The van der Waals surface area contributed by atoms with Gasteiger partial charge in [-0.15, -0.1) is 0 Å². The van der Waals surface area contributed by atoms with E-state index in [2.05, 4.69) is 21.1 Å². The number of carbonyl (C=O) groups excluding carboxylic acids is 1. The van der Waals surface area contributed by atoms with Crippen molar-refractivity contribution in [2.45, 2.75) is 19.4 Å². The maximum absolute atomic E-state index is 12.0. The number of halogens is 1. The Morgan fingerprint density at radius 2 is 2.28 bits per heavy atom. The zero-order valence-corrected chi connectivity index (χ0v) is 11.9. The van der Waals surface area contributed by atoms with Crippen molar-refractivity contribution in [1.82, 2.24) is 4.90 Å². The topological polar surface area (TPSA) is 78.9 Å². The molecule has 0 radical (unpaired) electrons. The molecule has 0 spiro atoms. The predicted octanol–water partition coefficient (Wildman–Crippen LogP) is 1.58. The lowest BCUT2D eigenvalue weighted by molar-refractivity contribution is -0.129. The molecule has 0 aromatic heterocycles. The van der Waals surface area contributed by atoms with Gasteiger partial charge < -0.3 is 15.8 Å². The first-order valence-electron chi connectivity index (χ1n) is 5.43. The third-order valence-electron chi connectivity index (χ3n) is 2.76. The number of rotatable bonds is 4. The van der Waals surface area contributed by atoms with Gasteiger partial charge >= 0.3 is 0 Å². The summed E-state index contributed by atoms with van der Waals surface area (Å²) in [5.41, 5.74) is 6.38. The average molecular weight is 314 g/mol. The molecule has 5 nitrogen and oxygen atoms in total. The van der Waals surface area contributed by atoms with Gasteiger partial charge in [-0.3, -0.25) is 4.79 Å². The molecule has 1 amide bonds. The molecule has 0 aliphatic rings. The minimum atomic E-state index is -0.436. The SMILES string of the molecule is CC(C(N)=NO)N(C)C(=O)Cc1cccc(Br)c1. The summed E-state index contributed by atoms with van der Waals surface area (Å²) >= 11 is 3.36. The highest BCUT2D eigenvalue weighted by atomic mass is 79.9. The molecule has 6 heteroatoms. The first kappa shape index (κ1) is 14.5. The smallest absolute Gasteiger partial charge is 0.227 e. The van der Waals surface area contributed by atoms with E-state index in [1.54, 1.807) is 14.0 Å². The van der Waals surface area contributed by atoms with Crippen LogP contribution in [0.25, 0.3) is 0 Å². The van der Waals surface area contributed by atoms with Crippen LogP contribution in [-0.2, 0) is 11.2 Å². The lowest BCUT2D eigenvalue weighted by atomic mass is 10.1. The number of carbonyl (C=O) groups is 1. The van der Waals surface area contributed by atoms with Gasteiger partial charge in [0.25, 0.3) is 0 Å². The van der Waals surface area contributed by atoms with Gasteiger partial charge in [0.15, 0.2) is 5.84 Å². The van der Waals surface area contributed by atoms with Crippen LogP contribution in [0.1, 0.15) is 12.5 Å². The van der Waals surface area contributed by atoms with Crippen LogP contribution in [0, 0.1) is 0 Å². The van der Waals surface area contributed by atoms with E-state index in [1.165, 1.54) is 4.90 Å². The fourth-order valence-corrected chi connectivity index (χ4v) is 1.89. The van der Waals surface area contributed by atoms with Crippen molar-refractivity contribution in [2.24, 2.45) is 10.9 Å². The Morgan fingerprint density at radius 1 is 1.61 bits per heavy atom. The van der Waals surface area contributed by atoms with E-state index >= 15 is 0 Å². The second-order valence-corrected chi connectivity index (χ2v) is 4.93. The normalized spacial score (nSPS) is 13.2. The largest absolute Gasteiger partial charge is 0.409 e. The summed E-state index contributed by atoms with van der Waals surface area (Å²) < 4.78 is 0.930. The quantitative estimate of drug-likeness (QED) is 0.383. The van der Waals surface area contributed by atoms with Gasteiger partial charge in [-0.2, -0.15) is 0 Å². The molecule has 0 aliphatic heterocycles. The van der Waals surface area contributed by atoms with Crippen LogP contribution in [0.4, 0.5) is 0 Å². The second kappa shape index (κ2) is 6.39. The fourth-order valence-electron chi connectivity index (χ4n) is 1.44. The summed E-state index contributed by atoms with van der Waals surface area (Å²) in [5.74, 6) is -0.0766. The van der Waals surface area contributed by atoms with E-state index in [4.69, 9.17) is 10.9 Å². The van der Waals surface area contributed by atoms with Gasteiger partial charge in [-0.1, -0.05) is 33.2 Å². The van der Waals surface area contributed by atoms with Gasteiger partial charge in [-0.25, -0.2) is 0 Å². The van der Waals surface area contributed by atoms with Crippen LogP contribution in [0.3, 0.4) is 0 Å². The lowest BCUT2D eigenvalue weighted by Crippen LogP contribution is -2.44. The molecule has 3 N–H and O–H groups in total. The number of likely N-dealkylation sites (N-methyl/N-ethyl adjacent to an activating group) is 1. The van der Waals surface area contributed by atoms with Crippen LogP contribution < -0.4 is 5.73 Å². The number of nitrogens with two attached hydrogens (primary N) is 1. The van der Waals surface area contributed by atoms with E-state index in [1.807, 2.05) is 24.3 Å². The summed E-state index contributed by atoms with van der Waals surface area (Å²) in [7, 11) is 1.63. The maximum atomic E-state index is 12.0. The van der Waals surface area contributed by atoms with Crippen LogP contribution in [0.5, 0.6) is 0 Å². The van der Waals surface area contributed by atoms with Crippen LogP contribution in [-0.4, -0.2) is 34.9 Å². The van der Waals surface area contributed by atoms with Gasteiger partial charge in [0.1, 0.15) is 0 Å². The standard InChI is InChI=1S/C12H16BrN3O2/c1-8(12(14)15-18)16(2)11(17)7-9-4-3-5-10(13)6-9/h3-6,8,18H,7H2,1-2H3,(H2,14,15). The highest BCUT2D eigenvalue weighted by Crippen LogP contribution is 2.13. The van der Waals surface area contributed by atoms with Crippen molar-refractivity contribution < 1.29 is 10.0 Å². The highest BCUT2D eigenvalue weighted by Gasteiger charge is 2.19. The molecule has 1 rings (SSSR count). The fraction of sp³-hybridized carbons (Fsp3) is 0.333. The van der Waals surface area contributed by atoms with Crippen molar-refractivity contribution in [1.29, 1.82) is 0 Å². The van der Waals surface area contributed by atoms with Crippen molar-refractivity contribution in [3.05, 3.63) is 34.3 Å². The molecule has 0 aliphatic carbocycles. The Morgan fingerprint density at radius 3 is 2.83 bits per heavy atom. The zero-order chi connectivity index (χ0) is 13.7. The van der Waals surface area contributed by atoms with E-state index in [0.29, 0.717) is 0 Å². The molecule has 0 saturated heterocycles. The molecule has 1 atom stereocenters. The first-order valence-corrected chi connectivity index (χ1v) is 6.22. The van der Waals surface area contributed by atoms with Gasteiger partial charge in [0.05, 0.1) is 12.5 Å². The van der Waals surface area contributed by atoms with Gasteiger partial charge in [0, 0.05) is 11.5 Å². The minimum Gasteiger partial charge on any atom is -0.409 e. The van der Waals surface area contributed by atoms with Crippen LogP contribution in [0.15, 0.2) is 33.9 Å². The average Bonchev–Trinajstić information content (AvgIpc) is 2.36. The minimum absolute atomic E-state index is 0.0140. The van der Waals surface area contributed by atoms with Crippen molar-refractivity contribution in [3.63, 3.8) is 0 Å². The number of hydrogen-bond acceptors (Lipinski definition) is 3. The molecule has 0 heterocycles. The second-order valence-electron chi connectivity index (χ2n) is 4.01. The lowest BCUT2D eigenvalue weighted by Gasteiger charge is -2.23. The molecule has 98 valence electrons. The number of oxime groups is 1. The molecule has 0 bridgehead atoms. The predicted molar refractivity (Wildman–Crippen MR) is 73.5 cm³/mol. The maximum Gasteiger partial charge on any atom is 0.227 e. The number of benzene rings is 1. The summed E-state index contributed by atoms with van der Waals surface area (Å²) in [4.78, 5) is 13.5. The van der Waals surface area contributed by atoms with Crippen LogP contribution >= 0.6 is 15.9 Å². The van der Waals surface area contributed by atoms with Gasteiger partial charge in [-0.05, 0) is 24.6 Å². The molecule has 0 saturated carbocycles. The van der Waals surface area contributed by atoms with Crippen molar-refractivity contribution in [2.75, 3.05) is 7.05 Å². The summed E-state index contributed by atoms with van der Waals surface area (Å²) in [6.07, 6.45) is 0.277. The Hall–Kier alpha value is -1.56.